The van der Waals surface area contributed by atoms with Gasteiger partial charge >= 0.3 is 11.7 Å². The number of nitro benzene ring substituents is 1. The molecule has 2 amide bonds. The van der Waals surface area contributed by atoms with Crippen molar-refractivity contribution in [3.05, 3.63) is 105 Å². The Balaban J connectivity index is 1.92. The molecular formula is C22H16FN3O4. The van der Waals surface area contributed by atoms with Gasteiger partial charge in [-0.15, -0.1) is 0 Å². The summed E-state index contributed by atoms with van der Waals surface area (Å²) in [4.78, 5) is 27.0. The van der Waals surface area contributed by atoms with E-state index in [2.05, 4.69) is 10.3 Å². The third-order valence-electron chi connectivity index (χ3n) is 4.98. The van der Waals surface area contributed by atoms with Crippen molar-refractivity contribution in [1.82, 2.24) is 5.32 Å². The van der Waals surface area contributed by atoms with Gasteiger partial charge in [0.15, 0.2) is 5.82 Å². The summed E-state index contributed by atoms with van der Waals surface area (Å²) < 4.78 is 14.3. The molecule has 30 heavy (non-hydrogen) atoms. The molecule has 150 valence electrons. The summed E-state index contributed by atoms with van der Waals surface area (Å²) in [7, 11) is 0. The quantitative estimate of drug-likeness (QED) is 0.493. The smallest absolute Gasteiger partial charge is 0.341 e. The zero-order chi connectivity index (χ0) is 21.3. The molecule has 0 saturated heterocycles. The third-order valence-corrected chi connectivity index (χ3v) is 4.98. The Kier molecular flexibility index (Phi) is 4.97. The van der Waals surface area contributed by atoms with Crippen LogP contribution >= 0.6 is 0 Å². The highest BCUT2D eigenvalue weighted by molar-refractivity contribution is 6.12. The summed E-state index contributed by atoms with van der Waals surface area (Å²) in [5.74, 6) is -2.71. The van der Waals surface area contributed by atoms with E-state index in [4.69, 9.17) is 0 Å². The summed E-state index contributed by atoms with van der Waals surface area (Å²) >= 11 is 0. The lowest BCUT2D eigenvalue weighted by Crippen LogP contribution is -2.40. The van der Waals surface area contributed by atoms with Crippen molar-refractivity contribution in [1.29, 1.82) is 0 Å². The van der Waals surface area contributed by atoms with Crippen molar-refractivity contribution in [2.45, 2.75) is 12.0 Å². The number of phenols is 1. The molecule has 2 unspecified atom stereocenters. The largest absolute Gasteiger partial charge is 0.500 e. The maximum Gasteiger partial charge on any atom is 0.341 e. The van der Waals surface area contributed by atoms with Crippen LogP contribution in [0.15, 0.2) is 77.8 Å². The lowest BCUT2D eigenvalue weighted by molar-refractivity contribution is -0.386. The van der Waals surface area contributed by atoms with E-state index in [9.17, 15) is 24.4 Å². The first-order valence-corrected chi connectivity index (χ1v) is 9.12. The number of benzene rings is 3. The fourth-order valence-corrected chi connectivity index (χ4v) is 3.65. The van der Waals surface area contributed by atoms with Crippen LogP contribution in [0.1, 0.15) is 28.7 Å². The lowest BCUT2D eigenvalue weighted by Gasteiger charge is -2.33. The van der Waals surface area contributed by atoms with E-state index in [1.165, 1.54) is 0 Å². The maximum absolute atomic E-state index is 14.3. The highest BCUT2D eigenvalue weighted by Crippen LogP contribution is 2.40. The number of halogens is 1. The Labute approximate surface area is 170 Å². The zero-order valence-corrected chi connectivity index (χ0v) is 15.5. The molecular weight excluding hydrogens is 389 g/mol. The molecule has 0 bridgehead atoms. The number of carbonyl (C=O) groups is 1. The zero-order valence-electron chi connectivity index (χ0n) is 15.5. The van der Waals surface area contributed by atoms with Crippen LogP contribution in [0.4, 0.5) is 14.9 Å². The Bertz CT molecular complexity index is 1150. The summed E-state index contributed by atoms with van der Waals surface area (Å²) in [5, 5.41) is 23.7. The number of hydrogen-bond donors (Lipinski definition) is 2. The predicted molar refractivity (Wildman–Crippen MR) is 108 cm³/mol. The molecule has 0 saturated carbocycles. The van der Waals surface area contributed by atoms with E-state index < -0.39 is 40.2 Å². The van der Waals surface area contributed by atoms with E-state index in [1.807, 2.05) is 60.7 Å². The minimum atomic E-state index is -1.14. The van der Waals surface area contributed by atoms with Crippen LogP contribution < -0.4 is 5.32 Å². The summed E-state index contributed by atoms with van der Waals surface area (Å²) in [5.41, 5.74) is 1.35. The van der Waals surface area contributed by atoms with Gasteiger partial charge in [0.05, 0.1) is 22.6 Å². The van der Waals surface area contributed by atoms with Crippen molar-refractivity contribution in [3.63, 3.8) is 0 Å². The molecule has 0 spiro atoms. The van der Waals surface area contributed by atoms with Gasteiger partial charge in [0.25, 0.3) is 0 Å². The van der Waals surface area contributed by atoms with Gasteiger partial charge in [0.2, 0.25) is 5.75 Å². The molecule has 0 aromatic heterocycles. The molecule has 7 nitrogen and oxygen atoms in total. The number of aliphatic imine (C=N–C) groups is 1. The molecule has 4 rings (SSSR count). The summed E-state index contributed by atoms with van der Waals surface area (Å²) in [6.07, 6.45) is 0. The van der Waals surface area contributed by atoms with Crippen LogP contribution in [0, 0.1) is 15.9 Å². The van der Waals surface area contributed by atoms with Crippen LogP contribution in [0.5, 0.6) is 5.75 Å². The van der Waals surface area contributed by atoms with Crippen LogP contribution in [0.2, 0.25) is 0 Å². The molecule has 2 atom stereocenters. The first kappa shape index (κ1) is 19.3. The minimum Gasteiger partial charge on any atom is -0.500 e. The number of urea groups is 1. The minimum absolute atomic E-state index is 0.155. The van der Waals surface area contributed by atoms with Crippen LogP contribution in [-0.2, 0) is 0 Å². The first-order chi connectivity index (χ1) is 14.5. The Morgan fingerprint density at radius 1 is 1.00 bits per heavy atom. The second-order valence-electron chi connectivity index (χ2n) is 6.81. The topological polar surface area (TPSA) is 105 Å². The van der Waals surface area contributed by atoms with Crippen molar-refractivity contribution >= 4 is 17.4 Å². The number of nitrogens with one attached hydrogen (secondary N) is 1. The van der Waals surface area contributed by atoms with Gasteiger partial charge in [-0.1, -0.05) is 60.7 Å². The van der Waals surface area contributed by atoms with E-state index >= 15 is 0 Å². The molecule has 1 aliphatic heterocycles. The summed E-state index contributed by atoms with van der Waals surface area (Å²) in [6.45, 7) is 0. The van der Waals surface area contributed by atoms with Gasteiger partial charge in [0, 0.05) is 6.07 Å². The second kappa shape index (κ2) is 7.75. The Hall–Kier alpha value is -4.07. The highest BCUT2D eigenvalue weighted by Gasteiger charge is 2.37. The van der Waals surface area contributed by atoms with Crippen LogP contribution in [-0.4, -0.2) is 21.8 Å². The highest BCUT2D eigenvalue weighted by atomic mass is 19.1. The fourth-order valence-electron chi connectivity index (χ4n) is 3.65. The average Bonchev–Trinajstić information content (AvgIpc) is 2.76. The van der Waals surface area contributed by atoms with Crippen molar-refractivity contribution in [2.24, 2.45) is 4.99 Å². The Morgan fingerprint density at radius 3 is 2.27 bits per heavy atom. The van der Waals surface area contributed by atoms with Gasteiger partial charge < -0.3 is 10.4 Å². The van der Waals surface area contributed by atoms with E-state index in [1.54, 1.807) is 0 Å². The van der Waals surface area contributed by atoms with Gasteiger partial charge in [-0.25, -0.2) is 9.18 Å². The van der Waals surface area contributed by atoms with Gasteiger partial charge in [0.1, 0.15) is 0 Å². The predicted octanol–water partition coefficient (Wildman–Crippen LogP) is 4.48. The van der Waals surface area contributed by atoms with Crippen molar-refractivity contribution in [2.75, 3.05) is 0 Å². The molecule has 1 heterocycles. The number of phenolic OH excluding ortho intramolecular Hbond substituents is 1. The van der Waals surface area contributed by atoms with E-state index in [0.717, 1.165) is 17.7 Å². The standard InChI is InChI=1S/C22H16FN3O4/c23-16-11-15(12-17(21(16)27)26(29)30)20-18(13-7-3-1-4-8-13)19(24-22(28)25-20)14-9-5-2-6-10-14/h1-12,18,20,27H,(H,25,28). The molecule has 0 fully saturated rings. The molecule has 0 radical (unpaired) electrons. The first-order valence-electron chi connectivity index (χ1n) is 9.12. The van der Waals surface area contributed by atoms with Crippen molar-refractivity contribution < 1.29 is 19.2 Å². The normalized spacial score (nSPS) is 18.4. The Morgan fingerprint density at radius 2 is 1.63 bits per heavy atom. The number of carbonyl (C=O) groups excluding carboxylic acids is 1. The third kappa shape index (κ3) is 3.50. The average molecular weight is 405 g/mol. The van der Waals surface area contributed by atoms with Gasteiger partial charge in [-0.3, -0.25) is 10.1 Å². The molecule has 3 aromatic rings. The number of amides is 2. The van der Waals surface area contributed by atoms with Crippen LogP contribution in [0.3, 0.4) is 0 Å². The van der Waals surface area contributed by atoms with Gasteiger partial charge in [-0.2, -0.15) is 4.99 Å². The molecule has 1 aliphatic rings. The molecule has 2 N–H and O–H groups in total. The number of aromatic hydroxyl groups is 1. The second-order valence-corrected chi connectivity index (χ2v) is 6.81. The van der Waals surface area contributed by atoms with Gasteiger partial charge in [-0.05, 0) is 22.8 Å². The van der Waals surface area contributed by atoms with Crippen LogP contribution in [0.25, 0.3) is 0 Å². The lowest BCUT2D eigenvalue weighted by atomic mass is 9.80. The van der Waals surface area contributed by atoms with Crippen molar-refractivity contribution in [3.8, 4) is 5.75 Å². The molecule has 0 aliphatic carbocycles. The monoisotopic (exact) mass is 405 g/mol. The number of nitro groups is 1. The number of hydrogen-bond acceptors (Lipinski definition) is 4. The number of nitrogens with zero attached hydrogens (tertiary/aromatic N) is 2. The maximum atomic E-state index is 14.3. The summed E-state index contributed by atoms with van der Waals surface area (Å²) in [6, 6.07) is 18.9. The van der Waals surface area contributed by atoms with E-state index in [-0.39, 0.29) is 5.56 Å². The molecule has 3 aromatic carbocycles. The SMILES string of the molecule is O=C1N=C(c2ccccc2)C(c2ccccc2)C(c2cc(F)c(O)c([N+](=O)[O-])c2)N1. The number of rotatable bonds is 4. The fraction of sp³-hybridized carbons (Fsp3) is 0.0909. The molecule has 8 heteroatoms. The van der Waals surface area contributed by atoms with E-state index in [0.29, 0.717) is 11.3 Å².